The molecule has 146 valence electrons. The largest absolute Gasteiger partial charge is 0.457 e. The van der Waals surface area contributed by atoms with Gasteiger partial charge in [-0.3, -0.25) is 9.59 Å². The molecule has 0 heterocycles. The van der Waals surface area contributed by atoms with E-state index >= 15 is 0 Å². The molecule has 3 aromatic carbocycles. The minimum absolute atomic E-state index is 0.0732. The number of nitrogens with one attached hydrogen (secondary N) is 2. The van der Waals surface area contributed by atoms with Gasteiger partial charge in [-0.1, -0.05) is 36.4 Å². The van der Waals surface area contributed by atoms with Crippen LogP contribution in [-0.2, 0) is 16.1 Å². The minimum Gasteiger partial charge on any atom is -0.457 e. The molecule has 29 heavy (non-hydrogen) atoms. The van der Waals surface area contributed by atoms with Crippen molar-refractivity contribution >= 4 is 29.2 Å². The van der Waals surface area contributed by atoms with Crippen LogP contribution >= 0.6 is 0 Å². The molecular weight excluding hydrogens is 368 g/mol. The van der Waals surface area contributed by atoms with Crippen molar-refractivity contribution in [2.75, 3.05) is 10.6 Å². The summed E-state index contributed by atoms with van der Waals surface area (Å²) in [5.41, 5.74) is 2.85. The standard InChI is InChI=1S/C23H20N2O4/c1-16(26)24-21-9-5-6-19(14-21)23(28)29-15-17-10-12-18(13-11-17)22(27)25-20-7-3-2-4-8-20/h2-14H,15H2,1H3,(H,24,26)(H,25,27). The predicted octanol–water partition coefficient (Wildman–Crippen LogP) is 4.25. The third-order valence-corrected chi connectivity index (χ3v) is 4.04. The van der Waals surface area contributed by atoms with Gasteiger partial charge in [-0.15, -0.1) is 0 Å². The van der Waals surface area contributed by atoms with Gasteiger partial charge in [0.25, 0.3) is 5.91 Å². The number of hydrogen-bond donors (Lipinski definition) is 2. The third-order valence-electron chi connectivity index (χ3n) is 4.04. The number of benzene rings is 3. The summed E-state index contributed by atoms with van der Waals surface area (Å²) >= 11 is 0. The molecule has 2 N–H and O–H groups in total. The van der Waals surface area contributed by atoms with Gasteiger partial charge in [0.15, 0.2) is 0 Å². The summed E-state index contributed by atoms with van der Waals surface area (Å²) in [6.07, 6.45) is 0. The van der Waals surface area contributed by atoms with Gasteiger partial charge in [-0.25, -0.2) is 4.79 Å². The van der Waals surface area contributed by atoms with Crippen LogP contribution in [0.2, 0.25) is 0 Å². The molecule has 2 amide bonds. The number of carbonyl (C=O) groups is 3. The Morgan fingerprint density at radius 2 is 1.45 bits per heavy atom. The van der Waals surface area contributed by atoms with Crippen molar-refractivity contribution in [2.24, 2.45) is 0 Å². The van der Waals surface area contributed by atoms with Gasteiger partial charge in [0.2, 0.25) is 5.91 Å². The first-order chi connectivity index (χ1) is 14.0. The lowest BCUT2D eigenvalue weighted by molar-refractivity contribution is -0.114. The number of amides is 2. The summed E-state index contributed by atoms with van der Waals surface area (Å²) < 4.78 is 5.32. The number of para-hydroxylation sites is 1. The van der Waals surface area contributed by atoms with E-state index in [1.165, 1.54) is 6.92 Å². The highest BCUT2D eigenvalue weighted by Gasteiger charge is 2.10. The molecule has 0 saturated carbocycles. The second kappa shape index (κ2) is 9.32. The Balaban J connectivity index is 1.56. The van der Waals surface area contributed by atoms with Gasteiger partial charge in [-0.2, -0.15) is 0 Å². The first-order valence-corrected chi connectivity index (χ1v) is 9.01. The summed E-state index contributed by atoms with van der Waals surface area (Å²) in [5, 5.41) is 5.44. The lowest BCUT2D eigenvalue weighted by Gasteiger charge is -2.08. The van der Waals surface area contributed by atoms with Crippen molar-refractivity contribution in [3.8, 4) is 0 Å². The van der Waals surface area contributed by atoms with Crippen LogP contribution in [0.5, 0.6) is 0 Å². The summed E-state index contributed by atoms with van der Waals surface area (Å²) in [6, 6.07) is 22.6. The van der Waals surface area contributed by atoms with Crippen LogP contribution in [0.15, 0.2) is 78.9 Å². The van der Waals surface area contributed by atoms with Crippen LogP contribution in [0.1, 0.15) is 33.2 Å². The Morgan fingerprint density at radius 3 is 2.14 bits per heavy atom. The maximum Gasteiger partial charge on any atom is 0.338 e. The summed E-state index contributed by atoms with van der Waals surface area (Å²) in [5.74, 6) is -0.926. The molecule has 0 fully saturated rings. The quantitative estimate of drug-likeness (QED) is 0.618. The number of carbonyl (C=O) groups excluding carboxylic acids is 3. The maximum atomic E-state index is 12.3. The number of anilines is 2. The lowest BCUT2D eigenvalue weighted by Crippen LogP contribution is -2.12. The van der Waals surface area contributed by atoms with E-state index in [2.05, 4.69) is 10.6 Å². The van der Waals surface area contributed by atoms with Gasteiger partial charge in [-0.05, 0) is 48.0 Å². The van der Waals surface area contributed by atoms with Crippen LogP contribution in [0.25, 0.3) is 0 Å². The normalized spacial score (nSPS) is 10.1. The van der Waals surface area contributed by atoms with Crippen molar-refractivity contribution in [1.82, 2.24) is 0 Å². The molecular formula is C23H20N2O4. The molecule has 3 rings (SSSR count). The maximum absolute atomic E-state index is 12.3. The monoisotopic (exact) mass is 388 g/mol. The Morgan fingerprint density at radius 1 is 0.759 bits per heavy atom. The molecule has 0 aromatic heterocycles. The Bertz CT molecular complexity index is 1010. The van der Waals surface area contributed by atoms with Crippen molar-refractivity contribution < 1.29 is 19.1 Å². The Hall–Kier alpha value is -3.93. The zero-order chi connectivity index (χ0) is 20.6. The van der Waals surface area contributed by atoms with Crippen LogP contribution < -0.4 is 10.6 Å². The van der Waals surface area contributed by atoms with Crippen molar-refractivity contribution in [3.63, 3.8) is 0 Å². The molecule has 0 aliphatic carbocycles. The first-order valence-electron chi connectivity index (χ1n) is 9.01. The molecule has 6 nitrogen and oxygen atoms in total. The van der Waals surface area contributed by atoms with E-state index in [4.69, 9.17) is 4.74 Å². The molecule has 0 aliphatic heterocycles. The number of esters is 1. The summed E-state index contributed by atoms with van der Waals surface area (Å²) in [6.45, 7) is 1.47. The Labute approximate surface area is 168 Å². The average molecular weight is 388 g/mol. The van der Waals surface area contributed by atoms with Crippen molar-refractivity contribution in [2.45, 2.75) is 13.5 Å². The van der Waals surface area contributed by atoms with E-state index in [0.29, 0.717) is 16.8 Å². The molecule has 3 aromatic rings. The van der Waals surface area contributed by atoms with E-state index < -0.39 is 5.97 Å². The summed E-state index contributed by atoms with van der Waals surface area (Å²) in [4.78, 5) is 35.6. The molecule has 6 heteroatoms. The van der Waals surface area contributed by atoms with E-state index in [1.54, 1.807) is 48.5 Å². The minimum atomic E-state index is -0.497. The SMILES string of the molecule is CC(=O)Nc1cccc(C(=O)OCc2ccc(C(=O)Nc3ccccc3)cc2)c1. The van der Waals surface area contributed by atoms with Crippen LogP contribution in [0.4, 0.5) is 11.4 Å². The molecule has 0 bridgehead atoms. The van der Waals surface area contributed by atoms with Crippen LogP contribution in [0, 0.1) is 0 Å². The van der Waals surface area contributed by atoms with Crippen molar-refractivity contribution in [3.05, 3.63) is 95.6 Å². The van der Waals surface area contributed by atoms with E-state index in [-0.39, 0.29) is 18.4 Å². The summed E-state index contributed by atoms with van der Waals surface area (Å²) in [7, 11) is 0. The predicted molar refractivity (Wildman–Crippen MR) is 111 cm³/mol. The highest BCUT2D eigenvalue weighted by Crippen LogP contribution is 2.14. The highest BCUT2D eigenvalue weighted by atomic mass is 16.5. The zero-order valence-corrected chi connectivity index (χ0v) is 15.8. The molecule has 0 spiro atoms. The van der Waals surface area contributed by atoms with Crippen molar-refractivity contribution in [1.29, 1.82) is 0 Å². The third kappa shape index (κ3) is 5.77. The highest BCUT2D eigenvalue weighted by molar-refractivity contribution is 6.04. The van der Waals surface area contributed by atoms with Gasteiger partial charge in [0.1, 0.15) is 6.61 Å². The molecule has 0 radical (unpaired) electrons. The van der Waals surface area contributed by atoms with Crippen LogP contribution in [0.3, 0.4) is 0 Å². The van der Waals surface area contributed by atoms with Gasteiger partial charge >= 0.3 is 5.97 Å². The molecule has 0 atom stereocenters. The van der Waals surface area contributed by atoms with Gasteiger partial charge in [0.05, 0.1) is 5.56 Å². The fourth-order valence-electron chi connectivity index (χ4n) is 2.64. The number of hydrogen-bond acceptors (Lipinski definition) is 4. The molecule has 0 aliphatic rings. The zero-order valence-electron chi connectivity index (χ0n) is 15.8. The second-order valence-electron chi connectivity index (χ2n) is 6.36. The van der Waals surface area contributed by atoms with E-state index in [0.717, 1.165) is 11.3 Å². The molecule has 0 saturated heterocycles. The smallest absolute Gasteiger partial charge is 0.338 e. The van der Waals surface area contributed by atoms with Crippen LogP contribution in [-0.4, -0.2) is 17.8 Å². The van der Waals surface area contributed by atoms with Gasteiger partial charge < -0.3 is 15.4 Å². The number of ether oxygens (including phenoxy) is 1. The van der Waals surface area contributed by atoms with E-state index in [1.807, 2.05) is 30.3 Å². The fourth-order valence-corrected chi connectivity index (χ4v) is 2.64. The first kappa shape index (κ1) is 19.8. The molecule has 0 unspecified atom stereocenters. The lowest BCUT2D eigenvalue weighted by atomic mass is 10.1. The Kier molecular flexibility index (Phi) is 6.37. The fraction of sp³-hybridized carbons (Fsp3) is 0.0870. The topological polar surface area (TPSA) is 84.5 Å². The average Bonchev–Trinajstić information content (AvgIpc) is 2.73. The van der Waals surface area contributed by atoms with E-state index in [9.17, 15) is 14.4 Å². The van der Waals surface area contributed by atoms with Gasteiger partial charge in [0, 0.05) is 23.9 Å². The second-order valence-corrected chi connectivity index (χ2v) is 6.36. The number of rotatable bonds is 6.